The van der Waals surface area contributed by atoms with Crippen molar-refractivity contribution < 1.29 is 23.7 Å². The quantitative estimate of drug-likeness (QED) is 0.441. The van der Waals surface area contributed by atoms with Crippen molar-refractivity contribution in [3.8, 4) is 23.0 Å². The highest BCUT2D eigenvalue weighted by Gasteiger charge is 2.35. The molecule has 3 aromatic carbocycles. The molecule has 0 spiro atoms. The van der Waals surface area contributed by atoms with Crippen molar-refractivity contribution in [1.82, 2.24) is 4.90 Å². The third-order valence-electron chi connectivity index (χ3n) is 6.00. The van der Waals surface area contributed by atoms with Gasteiger partial charge in [-0.15, -0.1) is 0 Å². The zero-order valence-corrected chi connectivity index (χ0v) is 19.5. The minimum atomic E-state index is -0.0962. The Balaban J connectivity index is 1.29. The lowest BCUT2D eigenvalue weighted by molar-refractivity contribution is 0.0871. The number of benzene rings is 3. The van der Waals surface area contributed by atoms with Gasteiger partial charge in [0.05, 0.1) is 11.1 Å². The number of rotatable bonds is 3. The van der Waals surface area contributed by atoms with E-state index in [1.807, 2.05) is 55.5 Å². The van der Waals surface area contributed by atoms with Gasteiger partial charge in [-0.05, 0) is 60.0 Å². The fraction of sp³-hybridized carbons (Fsp3) is 0.192. The Kier molecular flexibility index (Phi) is 4.89. The number of halogens is 1. The lowest BCUT2D eigenvalue weighted by Gasteiger charge is -2.30. The van der Waals surface area contributed by atoms with E-state index >= 15 is 0 Å². The lowest BCUT2D eigenvalue weighted by atomic mass is 9.98. The molecule has 7 heteroatoms. The second-order valence-electron chi connectivity index (χ2n) is 8.31. The zero-order valence-electron chi connectivity index (χ0n) is 17.9. The van der Waals surface area contributed by atoms with E-state index in [-0.39, 0.29) is 12.6 Å². The van der Waals surface area contributed by atoms with Gasteiger partial charge >= 0.3 is 0 Å². The van der Waals surface area contributed by atoms with E-state index in [1.54, 1.807) is 6.08 Å². The third-order valence-corrected chi connectivity index (χ3v) is 6.53. The van der Waals surface area contributed by atoms with E-state index in [1.165, 1.54) is 0 Å². The van der Waals surface area contributed by atoms with Crippen LogP contribution in [0.1, 0.15) is 32.6 Å². The van der Waals surface area contributed by atoms with Crippen LogP contribution in [0.4, 0.5) is 0 Å². The van der Waals surface area contributed by atoms with E-state index in [2.05, 4.69) is 20.8 Å². The average Bonchev–Trinajstić information content (AvgIpc) is 3.40. The number of nitrogens with zero attached hydrogens (tertiary/aromatic N) is 1. The van der Waals surface area contributed by atoms with Gasteiger partial charge in [-0.25, -0.2) is 0 Å². The normalized spacial score (nSPS) is 17.5. The number of ketones is 1. The maximum absolute atomic E-state index is 13.2. The summed E-state index contributed by atoms with van der Waals surface area (Å²) in [5, 5.41) is 0. The molecule has 0 aliphatic carbocycles. The second-order valence-corrected chi connectivity index (χ2v) is 9.23. The summed E-state index contributed by atoms with van der Waals surface area (Å²) in [5.41, 5.74) is 4.38. The van der Waals surface area contributed by atoms with Crippen LogP contribution in [0.3, 0.4) is 0 Å². The van der Waals surface area contributed by atoms with Crippen LogP contribution in [0, 0.1) is 6.92 Å². The molecule has 0 atom stereocenters. The van der Waals surface area contributed by atoms with Crippen LogP contribution >= 0.6 is 15.9 Å². The summed E-state index contributed by atoms with van der Waals surface area (Å²) < 4.78 is 24.1. The van der Waals surface area contributed by atoms with Crippen molar-refractivity contribution in [1.29, 1.82) is 0 Å². The standard InChI is InChI=1S/C26H20BrNO5/c1-15-8-21-19(12-28(13-30-21)11-17-4-7-20-22(10-17)32-14-31-20)26-24(15)25(29)23(33-26)9-16-2-5-18(27)6-3-16/h2-10H,11-14H2,1H3/b23-9-. The van der Waals surface area contributed by atoms with E-state index < -0.39 is 0 Å². The topological polar surface area (TPSA) is 57.2 Å². The Labute approximate surface area is 199 Å². The van der Waals surface area contributed by atoms with E-state index in [4.69, 9.17) is 18.9 Å². The highest BCUT2D eigenvalue weighted by atomic mass is 79.9. The molecule has 166 valence electrons. The number of fused-ring (bicyclic) bond motifs is 4. The summed E-state index contributed by atoms with van der Waals surface area (Å²) in [5.74, 6) is 3.14. The molecule has 0 N–H and O–H groups in total. The molecule has 0 saturated carbocycles. The SMILES string of the molecule is Cc1cc2c(c3c1C(=O)/C(=C/c1ccc(Br)cc1)O3)CN(Cc1ccc3c(c1)OCO3)CO2. The Morgan fingerprint density at radius 3 is 2.67 bits per heavy atom. The summed E-state index contributed by atoms with van der Waals surface area (Å²) in [7, 11) is 0. The summed E-state index contributed by atoms with van der Waals surface area (Å²) in [6, 6.07) is 15.7. The minimum absolute atomic E-state index is 0.0962. The molecule has 6 rings (SSSR count). The molecule has 6 nitrogen and oxygen atoms in total. The van der Waals surface area contributed by atoms with Gasteiger partial charge in [0.2, 0.25) is 12.6 Å². The molecule has 0 saturated heterocycles. The number of ether oxygens (including phenoxy) is 4. The molecule has 3 aliphatic heterocycles. The Morgan fingerprint density at radius 2 is 1.82 bits per heavy atom. The van der Waals surface area contributed by atoms with Crippen LogP contribution in [0.5, 0.6) is 23.0 Å². The Morgan fingerprint density at radius 1 is 1.00 bits per heavy atom. The number of hydrogen-bond donors (Lipinski definition) is 0. The van der Waals surface area contributed by atoms with E-state index in [0.717, 1.165) is 44.0 Å². The van der Waals surface area contributed by atoms with E-state index in [0.29, 0.717) is 36.9 Å². The predicted molar refractivity (Wildman–Crippen MR) is 126 cm³/mol. The maximum atomic E-state index is 13.2. The summed E-state index contributed by atoms with van der Waals surface area (Å²) in [6.07, 6.45) is 1.79. The second kappa shape index (κ2) is 7.93. The molecule has 0 amide bonds. The number of carbonyl (C=O) groups is 1. The molecule has 0 fully saturated rings. The first-order chi connectivity index (χ1) is 16.0. The van der Waals surface area contributed by atoms with Gasteiger partial charge < -0.3 is 18.9 Å². The van der Waals surface area contributed by atoms with Gasteiger partial charge in [-0.1, -0.05) is 34.1 Å². The summed E-state index contributed by atoms with van der Waals surface area (Å²) >= 11 is 3.44. The molecule has 3 heterocycles. The van der Waals surface area contributed by atoms with Crippen molar-refractivity contribution in [3.05, 3.63) is 86.6 Å². The van der Waals surface area contributed by atoms with Gasteiger partial charge in [-0.2, -0.15) is 0 Å². The third kappa shape index (κ3) is 3.67. The fourth-order valence-corrected chi connectivity index (χ4v) is 4.65. The zero-order chi connectivity index (χ0) is 22.5. The van der Waals surface area contributed by atoms with Crippen molar-refractivity contribution in [2.24, 2.45) is 0 Å². The van der Waals surface area contributed by atoms with Gasteiger partial charge in [0, 0.05) is 17.6 Å². The van der Waals surface area contributed by atoms with Crippen LogP contribution in [0.2, 0.25) is 0 Å². The maximum Gasteiger partial charge on any atom is 0.232 e. The van der Waals surface area contributed by atoms with Gasteiger partial charge in [0.25, 0.3) is 0 Å². The molecule has 3 aromatic rings. The Bertz CT molecular complexity index is 1320. The predicted octanol–water partition coefficient (Wildman–Crippen LogP) is 5.45. The molecule has 0 radical (unpaired) electrons. The Hall–Kier alpha value is -3.29. The van der Waals surface area contributed by atoms with Crippen LogP contribution in [-0.4, -0.2) is 24.2 Å². The van der Waals surface area contributed by atoms with Crippen molar-refractivity contribution in [2.45, 2.75) is 20.0 Å². The first-order valence-corrected chi connectivity index (χ1v) is 11.4. The first kappa shape index (κ1) is 20.3. The van der Waals surface area contributed by atoms with Gasteiger partial charge in [0.1, 0.15) is 18.2 Å². The molecular weight excluding hydrogens is 486 g/mol. The number of carbonyl (C=O) groups excluding carboxylic acids is 1. The molecular formula is C26H20BrNO5. The van der Waals surface area contributed by atoms with E-state index in [9.17, 15) is 4.79 Å². The molecule has 0 unspecified atom stereocenters. The average molecular weight is 506 g/mol. The number of hydrogen-bond acceptors (Lipinski definition) is 6. The van der Waals surface area contributed by atoms with Crippen LogP contribution in [-0.2, 0) is 13.1 Å². The fourth-order valence-electron chi connectivity index (χ4n) is 4.39. The van der Waals surface area contributed by atoms with Crippen LogP contribution in [0.25, 0.3) is 6.08 Å². The smallest absolute Gasteiger partial charge is 0.232 e. The van der Waals surface area contributed by atoms with Crippen LogP contribution < -0.4 is 18.9 Å². The van der Waals surface area contributed by atoms with Gasteiger partial charge in [0.15, 0.2) is 17.3 Å². The van der Waals surface area contributed by atoms with Gasteiger partial charge in [-0.3, -0.25) is 9.69 Å². The largest absolute Gasteiger partial charge is 0.478 e. The minimum Gasteiger partial charge on any atom is -0.478 e. The molecule has 0 aromatic heterocycles. The summed E-state index contributed by atoms with van der Waals surface area (Å²) in [6.45, 7) is 3.92. The van der Waals surface area contributed by atoms with Crippen LogP contribution in [0.15, 0.2) is 58.8 Å². The molecule has 0 bridgehead atoms. The highest BCUT2D eigenvalue weighted by Crippen LogP contribution is 2.44. The number of Topliss-reactive ketones (excluding diaryl/α,β-unsaturated/α-hetero) is 1. The number of aryl methyl sites for hydroxylation is 1. The van der Waals surface area contributed by atoms with Crippen molar-refractivity contribution in [2.75, 3.05) is 13.5 Å². The lowest BCUT2D eigenvalue weighted by Crippen LogP contribution is -2.31. The number of allylic oxidation sites excluding steroid dienone is 1. The van der Waals surface area contributed by atoms with Crippen molar-refractivity contribution >= 4 is 27.8 Å². The first-order valence-electron chi connectivity index (χ1n) is 10.6. The monoisotopic (exact) mass is 505 g/mol. The highest BCUT2D eigenvalue weighted by molar-refractivity contribution is 9.10. The summed E-state index contributed by atoms with van der Waals surface area (Å²) in [4.78, 5) is 15.3. The van der Waals surface area contributed by atoms with Crippen molar-refractivity contribution in [3.63, 3.8) is 0 Å². The molecule has 3 aliphatic rings. The molecule has 33 heavy (non-hydrogen) atoms.